The molecule has 0 aliphatic carbocycles. The summed E-state index contributed by atoms with van der Waals surface area (Å²) in [5, 5.41) is 4.44. The van der Waals surface area contributed by atoms with Crippen LogP contribution in [-0.2, 0) is 19.5 Å². The lowest BCUT2D eigenvalue weighted by Gasteiger charge is -2.22. The van der Waals surface area contributed by atoms with Crippen LogP contribution in [0.15, 0.2) is 30.3 Å². The first-order valence-electron chi connectivity index (χ1n) is 5.76. The van der Waals surface area contributed by atoms with E-state index in [9.17, 15) is 4.79 Å². The van der Waals surface area contributed by atoms with Crippen LogP contribution in [-0.4, -0.2) is 18.2 Å². The molecule has 0 atom stereocenters. The van der Waals surface area contributed by atoms with Crippen molar-refractivity contribution in [2.45, 2.75) is 32.8 Å². The van der Waals surface area contributed by atoms with Crippen molar-refractivity contribution in [2.75, 3.05) is 6.61 Å². The number of rotatable bonds is 7. The summed E-state index contributed by atoms with van der Waals surface area (Å²) in [6, 6.07) is 8.81. The molecule has 0 radical (unpaired) electrons. The number of ether oxygens (including phenoxy) is 1. The molecule has 0 aliphatic rings. The van der Waals surface area contributed by atoms with E-state index in [1.165, 1.54) is 0 Å². The topological polar surface area (TPSA) is 54.0 Å². The van der Waals surface area contributed by atoms with Crippen molar-refractivity contribution in [3.8, 4) is 5.75 Å². The van der Waals surface area contributed by atoms with E-state index in [0.29, 0.717) is 5.75 Å². The Labute approximate surface area is 106 Å². The molecule has 18 heavy (non-hydrogen) atoms. The highest BCUT2D eigenvalue weighted by Crippen LogP contribution is 2.13. The van der Waals surface area contributed by atoms with Crippen LogP contribution in [0.4, 0.5) is 0 Å². The van der Waals surface area contributed by atoms with E-state index in [1.54, 1.807) is 24.3 Å². The first-order valence-corrected chi connectivity index (χ1v) is 5.76. The van der Waals surface area contributed by atoms with Gasteiger partial charge in [0, 0.05) is 0 Å². The van der Waals surface area contributed by atoms with Crippen LogP contribution < -0.4 is 4.89 Å². The van der Waals surface area contributed by atoms with Gasteiger partial charge in [-0.1, -0.05) is 25.1 Å². The molecule has 0 fully saturated rings. The average molecular weight is 254 g/mol. The van der Waals surface area contributed by atoms with Crippen LogP contribution in [0.1, 0.15) is 27.2 Å². The van der Waals surface area contributed by atoms with Gasteiger partial charge in [0.05, 0.1) is 0 Å². The predicted octanol–water partition coefficient (Wildman–Crippen LogP) is 2.66. The monoisotopic (exact) mass is 254 g/mol. The van der Waals surface area contributed by atoms with Gasteiger partial charge in [0.2, 0.25) is 0 Å². The van der Waals surface area contributed by atoms with Crippen LogP contribution in [0.3, 0.4) is 0 Å². The van der Waals surface area contributed by atoms with Gasteiger partial charge in [0.25, 0.3) is 0 Å². The number of benzene rings is 1. The van der Waals surface area contributed by atoms with Gasteiger partial charge in [-0.3, -0.25) is 0 Å². The van der Waals surface area contributed by atoms with E-state index in [1.807, 2.05) is 26.8 Å². The van der Waals surface area contributed by atoms with E-state index in [4.69, 9.17) is 9.62 Å². The van der Waals surface area contributed by atoms with Gasteiger partial charge in [0.1, 0.15) is 5.60 Å². The number of carbonyl (C=O) groups is 1. The number of hydrogen-bond acceptors (Lipinski definition) is 5. The highest BCUT2D eigenvalue weighted by molar-refractivity contribution is 5.71. The Morgan fingerprint density at radius 3 is 2.50 bits per heavy atom. The molecule has 100 valence electrons. The van der Waals surface area contributed by atoms with E-state index in [0.717, 1.165) is 6.42 Å². The minimum atomic E-state index is -0.501. The van der Waals surface area contributed by atoms with Crippen LogP contribution >= 0.6 is 0 Å². The zero-order valence-electron chi connectivity index (χ0n) is 10.8. The summed E-state index contributed by atoms with van der Waals surface area (Å²) < 4.78 is 5.14. The Morgan fingerprint density at radius 2 is 1.89 bits per heavy atom. The normalized spacial score (nSPS) is 11.1. The fourth-order valence-corrected chi connectivity index (χ4v) is 1.02. The van der Waals surface area contributed by atoms with Crippen molar-refractivity contribution in [3.63, 3.8) is 0 Å². The van der Waals surface area contributed by atoms with Gasteiger partial charge in [0.15, 0.2) is 12.4 Å². The maximum absolute atomic E-state index is 11.3. The summed E-state index contributed by atoms with van der Waals surface area (Å²) in [4.78, 5) is 20.7. The molecule has 0 unspecified atom stereocenters. The molecule has 5 heteroatoms. The Balaban J connectivity index is 2.17. The molecule has 0 saturated carbocycles. The number of esters is 1. The second-order valence-corrected chi connectivity index (χ2v) is 4.31. The number of carbonyl (C=O) groups excluding carboxylic acids is 1. The first kappa shape index (κ1) is 14.5. The molecular formula is C13H18O5. The van der Waals surface area contributed by atoms with Crippen molar-refractivity contribution < 1.29 is 24.3 Å². The lowest BCUT2D eigenvalue weighted by atomic mass is 10.1. The van der Waals surface area contributed by atoms with Crippen molar-refractivity contribution in [1.29, 1.82) is 0 Å². The molecule has 5 nitrogen and oxygen atoms in total. The Kier molecular flexibility index (Phi) is 5.61. The Morgan fingerprint density at radius 1 is 1.22 bits per heavy atom. The lowest BCUT2D eigenvalue weighted by molar-refractivity contribution is -0.462. The van der Waals surface area contributed by atoms with Crippen LogP contribution in [0.25, 0.3) is 0 Å². The van der Waals surface area contributed by atoms with Gasteiger partial charge in [-0.25, -0.2) is 4.79 Å². The maximum Gasteiger partial charge on any atom is 0.336 e. The van der Waals surface area contributed by atoms with Gasteiger partial charge < -0.3 is 9.62 Å². The van der Waals surface area contributed by atoms with Gasteiger partial charge in [-0.15, -0.1) is 0 Å². The summed E-state index contributed by atoms with van der Waals surface area (Å²) >= 11 is 0. The van der Waals surface area contributed by atoms with Crippen molar-refractivity contribution >= 4 is 5.97 Å². The van der Waals surface area contributed by atoms with Crippen molar-refractivity contribution in [3.05, 3.63) is 30.3 Å². The molecule has 0 heterocycles. The quantitative estimate of drug-likeness (QED) is 0.324. The zero-order chi connectivity index (χ0) is 13.4. The smallest absolute Gasteiger partial charge is 0.336 e. The Bertz CT molecular complexity index is 361. The molecule has 0 spiro atoms. The van der Waals surface area contributed by atoms with Crippen molar-refractivity contribution in [1.82, 2.24) is 0 Å². The number of para-hydroxylation sites is 1. The fraction of sp³-hybridized carbons (Fsp3) is 0.462. The summed E-state index contributed by atoms with van der Waals surface area (Å²) in [5.41, 5.74) is -0.499. The molecule has 0 amide bonds. The van der Waals surface area contributed by atoms with E-state index < -0.39 is 11.6 Å². The fourth-order valence-electron chi connectivity index (χ4n) is 1.02. The highest BCUT2D eigenvalue weighted by Gasteiger charge is 2.20. The zero-order valence-corrected chi connectivity index (χ0v) is 10.8. The largest absolute Gasteiger partial charge is 0.458 e. The van der Waals surface area contributed by atoms with Gasteiger partial charge in [-0.05, 0) is 37.4 Å². The average Bonchev–Trinajstić information content (AvgIpc) is 2.35. The molecule has 0 aromatic heterocycles. The van der Waals surface area contributed by atoms with Crippen LogP contribution in [0, 0.1) is 0 Å². The summed E-state index contributed by atoms with van der Waals surface area (Å²) in [7, 11) is 0. The van der Waals surface area contributed by atoms with E-state index in [2.05, 4.69) is 9.93 Å². The summed E-state index contributed by atoms with van der Waals surface area (Å²) in [5.74, 6) is -0.0155. The minimum Gasteiger partial charge on any atom is -0.458 e. The third-order valence-corrected chi connectivity index (χ3v) is 2.34. The molecule has 0 bridgehead atoms. The molecule has 0 aliphatic heterocycles. The standard InChI is InChI=1S/C13H18O5/c1-4-13(2,3)16-12(14)10-15-18-17-11-8-6-5-7-9-11/h5-9H,4,10H2,1-3H3. The Hall–Kier alpha value is -1.59. The van der Waals surface area contributed by atoms with Crippen molar-refractivity contribution in [2.24, 2.45) is 0 Å². The molecule has 1 aromatic carbocycles. The van der Waals surface area contributed by atoms with Gasteiger partial charge >= 0.3 is 5.97 Å². The van der Waals surface area contributed by atoms with E-state index in [-0.39, 0.29) is 6.61 Å². The SMILES string of the molecule is CCC(C)(C)OC(=O)COOOc1ccccc1. The second-order valence-electron chi connectivity index (χ2n) is 4.31. The third kappa shape index (κ3) is 5.65. The summed E-state index contributed by atoms with van der Waals surface area (Å²) in [6.07, 6.45) is 0.722. The lowest BCUT2D eigenvalue weighted by Crippen LogP contribution is -2.29. The minimum absolute atomic E-state index is 0.323. The first-order chi connectivity index (χ1) is 8.53. The highest BCUT2D eigenvalue weighted by atomic mass is 17.5. The molecule has 1 rings (SSSR count). The molecule has 1 aromatic rings. The molecule has 0 saturated heterocycles. The molecular weight excluding hydrogens is 236 g/mol. The number of hydrogen-bond donors (Lipinski definition) is 0. The summed E-state index contributed by atoms with van der Waals surface area (Å²) in [6.45, 7) is 5.26. The van der Waals surface area contributed by atoms with E-state index >= 15 is 0 Å². The van der Waals surface area contributed by atoms with Crippen LogP contribution in [0.2, 0.25) is 0 Å². The second kappa shape index (κ2) is 6.98. The maximum atomic E-state index is 11.3. The third-order valence-electron chi connectivity index (χ3n) is 2.34. The predicted molar refractivity (Wildman–Crippen MR) is 64.6 cm³/mol. The van der Waals surface area contributed by atoms with Crippen LogP contribution in [0.5, 0.6) is 5.75 Å². The molecule has 0 N–H and O–H groups in total. The van der Waals surface area contributed by atoms with Gasteiger partial charge in [-0.2, -0.15) is 4.89 Å².